The zero-order chi connectivity index (χ0) is 9.54. The second kappa shape index (κ2) is 3.37. The first-order valence-electron chi connectivity index (χ1n) is 6.24. The molecule has 0 saturated heterocycles. The number of nitrogens with one attached hydrogen (secondary N) is 1. The summed E-state index contributed by atoms with van der Waals surface area (Å²) in [5.41, 5.74) is 0. The van der Waals surface area contributed by atoms with E-state index in [9.17, 15) is 0 Å². The number of fused-ring (bicyclic) bond motifs is 2. The van der Waals surface area contributed by atoms with Gasteiger partial charge >= 0.3 is 0 Å². The van der Waals surface area contributed by atoms with Gasteiger partial charge in [0.05, 0.1) is 0 Å². The molecule has 1 N–H and O–H groups in total. The largest absolute Gasteiger partial charge is 0.314 e. The van der Waals surface area contributed by atoms with E-state index in [4.69, 9.17) is 0 Å². The van der Waals surface area contributed by atoms with Crippen molar-refractivity contribution in [3.63, 3.8) is 0 Å². The fourth-order valence-electron chi connectivity index (χ4n) is 3.23. The van der Waals surface area contributed by atoms with Crippen LogP contribution in [-0.2, 0) is 0 Å². The molecule has 3 aliphatic carbocycles. The maximum Gasteiger partial charge on any atom is 0.00671 e. The van der Waals surface area contributed by atoms with E-state index >= 15 is 0 Å². The molecule has 78 valence electrons. The first-order chi connectivity index (χ1) is 6.83. The minimum absolute atomic E-state index is 0.776. The highest BCUT2D eigenvalue weighted by molar-refractivity contribution is 5.10. The molecule has 0 aromatic rings. The Bertz CT molecular complexity index is 242. The third-order valence-electron chi connectivity index (χ3n) is 4.45. The van der Waals surface area contributed by atoms with E-state index in [0.29, 0.717) is 0 Å². The van der Waals surface area contributed by atoms with Crippen molar-refractivity contribution in [2.45, 2.75) is 38.6 Å². The van der Waals surface area contributed by atoms with Crippen LogP contribution < -0.4 is 5.32 Å². The van der Waals surface area contributed by atoms with Crippen LogP contribution in [0.1, 0.15) is 32.6 Å². The van der Waals surface area contributed by atoms with Crippen molar-refractivity contribution in [2.24, 2.45) is 23.7 Å². The lowest BCUT2D eigenvalue weighted by Gasteiger charge is -2.21. The van der Waals surface area contributed by atoms with Gasteiger partial charge in [-0.3, -0.25) is 0 Å². The number of hydrogen-bond acceptors (Lipinski definition) is 1. The van der Waals surface area contributed by atoms with E-state index < -0.39 is 0 Å². The summed E-state index contributed by atoms with van der Waals surface area (Å²) in [5.74, 6) is 3.80. The maximum atomic E-state index is 3.74. The summed E-state index contributed by atoms with van der Waals surface area (Å²) in [4.78, 5) is 0. The molecule has 0 heterocycles. The quantitative estimate of drug-likeness (QED) is 0.673. The molecule has 4 unspecified atom stereocenters. The number of hydrogen-bond donors (Lipinski definition) is 1. The van der Waals surface area contributed by atoms with Crippen molar-refractivity contribution >= 4 is 0 Å². The minimum Gasteiger partial charge on any atom is -0.314 e. The maximum absolute atomic E-state index is 3.74. The highest BCUT2D eigenvalue weighted by atomic mass is 14.9. The molecule has 0 amide bonds. The molecule has 0 aromatic heterocycles. The molecule has 2 fully saturated rings. The van der Waals surface area contributed by atoms with Crippen LogP contribution in [0.5, 0.6) is 0 Å². The summed E-state index contributed by atoms with van der Waals surface area (Å²) >= 11 is 0. The zero-order valence-electron chi connectivity index (χ0n) is 9.08. The standard InChI is InChI=1S/C13H21N/c1-9(11-4-5-11)14-8-13-7-10-2-3-12(13)6-10/h2-3,9-14H,4-8H2,1H3. The summed E-state index contributed by atoms with van der Waals surface area (Å²) in [6.07, 6.45) is 10.7. The van der Waals surface area contributed by atoms with Gasteiger partial charge in [-0.2, -0.15) is 0 Å². The second-order valence-electron chi connectivity index (χ2n) is 5.57. The summed E-state index contributed by atoms with van der Waals surface area (Å²) < 4.78 is 0. The van der Waals surface area contributed by atoms with Gasteiger partial charge in [0.25, 0.3) is 0 Å². The monoisotopic (exact) mass is 191 g/mol. The SMILES string of the molecule is CC(NCC1CC2C=CC1C2)C1CC1. The predicted octanol–water partition coefficient (Wildman–Crippen LogP) is 2.59. The van der Waals surface area contributed by atoms with Crippen molar-refractivity contribution in [3.8, 4) is 0 Å². The van der Waals surface area contributed by atoms with E-state index in [1.165, 1.54) is 32.2 Å². The van der Waals surface area contributed by atoms with Crippen molar-refractivity contribution in [3.05, 3.63) is 12.2 Å². The van der Waals surface area contributed by atoms with Gasteiger partial charge in [-0.05, 0) is 62.8 Å². The second-order valence-corrected chi connectivity index (χ2v) is 5.57. The lowest BCUT2D eigenvalue weighted by molar-refractivity contribution is 0.376. The van der Waals surface area contributed by atoms with Gasteiger partial charge in [0, 0.05) is 6.04 Å². The van der Waals surface area contributed by atoms with Crippen molar-refractivity contribution in [1.82, 2.24) is 5.32 Å². The van der Waals surface area contributed by atoms with Crippen molar-refractivity contribution < 1.29 is 0 Å². The first kappa shape index (κ1) is 8.96. The van der Waals surface area contributed by atoms with Crippen LogP contribution in [0.3, 0.4) is 0 Å². The van der Waals surface area contributed by atoms with Crippen LogP contribution in [0, 0.1) is 23.7 Å². The van der Waals surface area contributed by atoms with Gasteiger partial charge in [-0.25, -0.2) is 0 Å². The molecule has 2 bridgehead atoms. The Morgan fingerprint density at radius 3 is 2.71 bits per heavy atom. The van der Waals surface area contributed by atoms with E-state index in [0.717, 1.165) is 29.7 Å². The molecule has 3 aliphatic rings. The molecular weight excluding hydrogens is 170 g/mol. The van der Waals surface area contributed by atoms with Crippen molar-refractivity contribution in [2.75, 3.05) is 6.54 Å². The molecule has 0 radical (unpaired) electrons. The Labute approximate surface area is 87.0 Å². The summed E-state index contributed by atoms with van der Waals surface area (Å²) in [5, 5.41) is 3.74. The minimum atomic E-state index is 0.776. The highest BCUT2D eigenvalue weighted by Crippen LogP contribution is 2.43. The molecule has 0 aliphatic heterocycles. The Hall–Kier alpha value is -0.300. The Morgan fingerprint density at radius 2 is 2.14 bits per heavy atom. The number of allylic oxidation sites excluding steroid dienone is 2. The molecular formula is C13H21N. The van der Waals surface area contributed by atoms with Crippen LogP contribution in [0.2, 0.25) is 0 Å². The van der Waals surface area contributed by atoms with Crippen LogP contribution >= 0.6 is 0 Å². The lowest BCUT2D eigenvalue weighted by atomic mass is 9.93. The van der Waals surface area contributed by atoms with Gasteiger partial charge in [0.2, 0.25) is 0 Å². The van der Waals surface area contributed by atoms with Gasteiger partial charge in [-0.1, -0.05) is 12.2 Å². The van der Waals surface area contributed by atoms with Crippen LogP contribution in [0.15, 0.2) is 12.2 Å². The van der Waals surface area contributed by atoms with Gasteiger partial charge < -0.3 is 5.32 Å². The topological polar surface area (TPSA) is 12.0 Å². The number of rotatable bonds is 4. The van der Waals surface area contributed by atoms with Crippen LogP contribution in [0.25, 0.3) is 0 Å². The molecule has 1 nitrogen and oxygen atoms in total. The Morgan fingerprint density at radius 1 is 1.29 bits per heavy atom. The van der Waals surface area contributed by atoms with Gasteiger partial charge in [0.15, 0.2) is 0 Å². The van der Waals surface area contributed by atoms with E-state index in [1.54, 1.807) is 0 Å². The summed E-state index contributed by atoms with van der Waals surface area (Å²) in [6, 6.07) is 0.776. The smallest absolute Gasteiger partial charge is 0.00671 e. The predicted molar refractivity (Wildman–Crippen MR) is 59.0 cm³/mol. The lowest BCUT2D eigenvalue weighted by Crippen LogP contribution is -2.33. The Kier molecular flexibility index (Phi) is 2.16. The molecule has 0 aromatic carbocycles. The molecule has 4 atom stereocenters. The third kappa shape index (κ3) is 1.63. The normalized spacial score (nSPS) is 41.9. The van der Waals surface area contributed by atoms with Gasteiger partial charge in [-0.15, -0.1) is 0 Å². The fourth-order valence-corrected chi connectivity index (χ4v) is 3.23. The molecule has 3 rings (SSSR count). The molecule has 14 heavy (non-hydrogen) atoms. The molecule has 0 spiro atoms. The van der Waals surface area contributed by atoms with Crippen molar-refractivity contribution in [1.29, 1.82) is 0 Å². The first-order valence-corrected chi connectivity index (χ1v) is 6.24. The van der Waals surface area contributed by atoms with E-state index in [2.05, 4.69) is 24.4 Å². The van der Waals surface area contributed by atoms with E-state index in [1.807, 2.05) is 0 Å². The molecule has 1 heteroatoms. The van der Waals surface area contributed by atoms with Crippen LogP contribution in [-0.4, -0.2) is 12.6 Å². The van der Waals surface area contributed by atoms with Gasteiger partial charge in [0.1, 0.15) is 0 Å². The van der Waals surface area contributed by atoms with Crippen LogP contribution in [0.4, 0.5) is 0 Å². The third-order valence-corrected chi connectivity index (χ3v) is 4.45. The fraction of sp³-hybridized carbons (Fsp3) is 0.846. The average molecular weight is 191 g/mol. The molecule has 2 saturated carbocycles. The summed E-state index contributed by atoms with van der Waals surface area (Å²) in [6.45, 7) is 3.63. The highest BCUT2D eigenvalue weighted by Gasteiger charge is 2.36. The zero-order valence-corrected chi connectivity index (χ0v) is 9.08. The summed E-state index contributed by atoms with van der Waals surface area (Å²) in [7, 11) is 0. The average Bonchev–Trinajstić information content (AvgIpc) is 2.85. The Balaban J connectivity index is 1.46. The van der Waals surface area contributed by atoms with E-state index in [-0.39, 0.29) is 0 Å².